The van der Waals surface area contributed by atoms with Gasteiger partial charge < -0.3 is 19.7 Å². The number of fused-ring (bicyclic) bond motifs is 1. The third-order valence-electron chi connectivity index (χ3n) is 4.37. The quantitative estimate of drug-likeness (QED) is 0.853. The van der Waals surface area contributed by atoms with Crippen LogP contribution in [-0.2, 0) is 23.4 Å². The third-order valence-corrected chi connectivity index (χ3v) is 4.37. The maximum absolute atomic E-state index is 11.3. The normalized spacial score (nSPS) is 18.9. The lowest BCUT2D eigenvalue weighted by Crippen LogP contribution is -2.30. The Balaban J connectivity index is 1.79. The largest absolute Gasteiger partial charge is 0.492 e. The Labute approximate surface area is 140 Å². The smallest absolute Gasteiger partial charge is 0.336 e. The van der Waals surface area contributed by atoms with Gasteiger partial charge in [0, 0.05) is 11.1 Å². The van der Waals surface area contributed by atoms with Crippen molar-refractivity contribution >= 4 is 5.97 Å². The number of hydrogen-bond acceptors (Lipinski definition) is 4. The zero-order chi connectivity index (χ0) is 17.2. The lowest BCUT2D eigenvalue weighted by atomic mass is 9.84. The van der Waals surface area contributed by atoms with Crippen LogP contribution >= 0.6 is 0 Å². The van der Waals surface area contributed by atoms with Crippen molar-refractivity contribution < 1.29 is 24.5 Å². The van der Waals surface area contributed by atoms with Crippen molar-refractivity contribution in [3.05, 3.63) is 64.7 Å². The first-order chi connectivity index (χ1) is 11.5. The van der Waals surface area contributed by atoms with E-state index >= 15 is 0 Å². The number of carbonyl (C=O) groups is 1. The molecule has 3 rings (SSSR count). The molecule has 24 heavy (non-hydrogen) atoms. The van der Waals surface area contributed by atoms with Gasteiger partial charge in [0.05, 0.1) is 37.4 Å². The molecule has 2 N–H and O–H groups in total. The Kier molecular flexibility index (Phi) is 4.55. The predicted molar refractivity (Wildman–Crippen MR) is 88.3 cm³/mol. The molecule has 2 aromatic rings. The van der Waals surface area contributed by atoms with Crippen molar-refractivity contribution in [2.45, 2.75) is 25.6 Å². The van der Waals surface area contributed by atoms with E-state index in [4.69, 9.17) is 9.47 Å². The van der Waals surface area contributed by atoms with Crippen LogP contribution in [0.1, 0.15) is 34.0 Å². The number of carboxylic acids is 1. The highest BCUT2D eigenvalue weighted by Gasteiger charge is 2.39. The monoisotopic (exact) mass is 328 g/mol. The van der Waals surface area contributed by atoms with E-state index < -0.39 is 5.97 Å². The molecule has 1 atom stereocenters. The zero-order valence-corrected chi connectivity index (χ0v) is 13.5. The van der Waals surface area contributed by atoms with E-state index in [1.807, 2.05) is 37.3 Å². The van der Waals surface area contributed by atoms with Crippen LogP contribution in [0, 0.1) is 0 Å². The second kappa shape index (κ2) is 6.63. The van der Waals surface area contributed by atoms with Crippen molar-refractivity contribution in [2.24, 2.45) is 0 Å². The van der Waals surface area contributed by atoms with Gasteiger partial charge in [-0.25, -0.2) is 4.79 Å². The Morgan fingerprint density at radius 2 is 2.00 bits per heavy atom. The summed E-state index contributed by atoms with van der Waals surface area (Å²) in [7, 11) is 0. The van der Waals surface area contributed by atoms with Gasteiger partial charge in [-0.15, -0.1) is 0 Å². The highest BCUT2D eigenvalue weighted by molar-refractivity contribution is 5.90. The van der Waals surface area contributed by atoms with Crippen molar-refractivity contribution in [1.29, 1.82) is 0 Å². The Hall–Kier alpha value is -2.37. The first-order valence-corrected chi connectivity index (χ1v) is 7.80. The topological polar surface area (TPSA) is 76.0 Å². The standard InChI is InChI=1S/C19H20O5/c1-19(11-23-10-13-5-3-2-4-6-13)12-24-17-15(9-20)14(18(21)22)7-8-16(17)19/h2-8,20H,9-12H2,1H3,(H,21,22). The lowest BCUT2D eigenvalue weighted by molar-refractivity contribution is 0.0671. The molecule has 0 spiro atoms. The molecule has 5 nitrogen and oxygen atoms in total. The van der Waals surface area contributed by atoms with Gasteiger partial charge in [-0.05, 0) is 18.6 Å². The summed E-state index contributed by atoms with van der Waals surface area (Å²) in [5.74, 6) is -0.595. The molecule has 1 aliphatic heterocycles. The molecule has 5 heteroatoms. The van der Waals surface area contributed by atoms with Gasteiger partial charge >= 0.3 is 5.97 Å². The fraction of sp³-hybridized carbons (Fsp3) is 0.316. The summed E-state index contributed by atoms with van der Waals surface area (Å²) in [6.07, 6.45) is 0. The number of rotatable bonds is 6. The maximum atomic E-state index is 11.3. The maximum Gasteiger partial charge on any atom is 0.336 e. The second-order valence-electron chi connectivity index (χ2n) is 6.26. The molecule has 1 unspecified atom stereocenters. The third kappa shape index (κ3) is 3.00. The van der Waals surface area contributed by atoms with E-state index in [0.29, 0.717) is 31.1 Å². The summed E-state index contributed by atoms with van der Waals surface area (Å²) in [6.45, 7) is 3.00. The molecule has 0 radical (unpaired) electrons. The summed E-state index contributed by atoms with van der Waals surface area (Å²) < 4.78 is 11.6. The fourth-order valence-corrected chi connectivity index (χ4v) is 3.02. The molecule has 0 saturated heterocycles. The number of hydrogen-bond donors (Lipinski definition) is 2. The summed E-state index contributed by atoms with van der Waals surface area (Å²) >= 11 is 0. The van der Waals surface area contributed by atoms with E-state index in [1.165, 1.54) is 6.07 Å². The predicted octanol–water partition coefficient (Wildman–Crippen LogP) is 2.74. The van der Waals surface area contributed by atoms with Gasteiger partial charge in [0.15, 0.2) is 0 Å². The molecule has 0 amide bonds. The number of benzene rings is 2. The number of carboxylic acid groups (broad SMARTS) is 1. The van der Waals surface area contributed by atoms with E-state index in [2.05, 4.69) is 0 Å². The number of aromatic carboxylic acids is 1. The molecular weight excluding hydrogens is 308 g/mol. The molecule has 2 aromatic carbocycles. The van der Waals surface area contributed by atoms with Crippen LogP contribution in [-0.4, -0.2) is 29.4 Å². The number of aliphatic hydroxyl groups excluding tert-OH is 1. The van der Waals surface area contributed by atoms with Gasteiger partial charge in [0.2, 0.25) is 0 Å². The van der Waals surface area contributed by atoms with Crippen molar-refractivity contribution in [1.82, 2.24) is 0 Å². The summed E-state index contributed by atoms with van der Waals surface area (Å²) in [6, 6.07) is 13.2. The van der Waals surface area contributed by atoms with Crippen LogP contribution < -0.4 is 4.74 Å². The fourth-order valence-electron chi connectivity index (χ4n) is 3.02. The van der Waals surface area contributed by atoms with Crippen molar-refractivity contribution in [2.75, 3.05) is 13.2 Å². The van der Waals surface area contributed by atoms with Crippen LogP contribution in [0.4, 0.5) is 0 Å². The van der Waals surface area contributed by atoms with Gasteiger partial charge in [-0.1, -0.05) is 36.4 Å². The van der Waals surface area contributed by atoms with Gasteiger partial charge in [0.1, 0.15) is 5.75 Å². The average Bonchev–Trinajstić information content (AvgIpc) is 2.92. The van der Waals surface area contributed by atoms with Crippen LogP contribution in [0.2, 0.25) is 0 Å². The van der Waals surface area contributed by atoms with E-state index in [-0.39, 0.29) is 17.6 Å². The first-order valence-electron chi connectivity index (χ1n) is 7.80. The van der Waals surface area contributed by atoms with Crippen LogP contribution in [0.5, 0.6) is 5.75 Å². The highest BCUT2D eigenvalue weighted by Crippen LogP contribution is 2.42. The van der Waals surface area contributed by atoms with Gasteiger partial charge in [-0.3, -0.25) is 0 Å². The van der Waals surface area contributed by atoms with E-state index in [1.54, 1.807) is 6.07 Å². The number of aliphatic hydroxyl groups is 1. The summed E-state index contributed by atoms with van der Waals surface area (Å²) in [4.78, 5) is 11.3. The van der Waals surface area contributed by atoms with Crippen LogP contribution in [0.15, 0.2) is 42.5 Å². The number of ether oxygens (including phenoxy) is 2. The van der Waals surface area contributed by atoms with Gasteiger partial charge in [-0.2, -0.15) is 0 Å². The second-order valence-corrected chi connectivity index (χ2v) is 6.26. The van der Waals surface area contributed by atoms with Gasteiger partial charge in [0.25, 0.3) is 0 Å². The molecule has 0 bridgehead atoms. The highest BCUT2D eigenvalue weighted by atomic mass is 16.5. The SMILES string of the molecule is CC1(COCc2ccccc2)COc2c1ccc(C(=O)O)c2CO. The van der Waals surface area contributed by atoms with Crippen molar-refractivity contribution in [3.63, 3.8) is 0 Å². The van der Waals surface area contributed by atoms with Crippen LogP contribution in [0.3, 0.4) is 0 Å². The molecule has 1 heterocycles. The molecule has 0 saturated carbocycles. The van der Waals surface area contributed by atoms with Crippen molar-refractivity contribution in [3.8, 4) is 5.75 Å². The zero-order valence-electron chi connectivity index (χ0n) is 13.5. The minimum Gasteiger partial charge on any atom is -0.492 e. The molecular formula is C19H20O5. The van der Waals surface area contributed by atoms with E-state index in [0.717, 1.165) is 11.1 Å². The van der Waals surface area contributed by atoms with E-state index in [9.17, 15) is 15.0 Å². The Morgan fingerprint density at radius 1 is 1.25 bits per heavy atom. The first kappa shape index (κ1) is 16.5. The Morgan fingerprint density at radius 3 is 2.67 bits per heavy atom. The molecule has 1 aliphatic rings. The summed E-state index contributed by atoms with van der Waals surface area (Å²) in [5.41, 5.74) is 2.00. The lowest BCUT2D eigenvalue weighted by Gasteiger charge is -2.23. The summed E-state index contributed by atoms with van der Waals surface area (Å²) in [5, 5.41) is 18.8. The minimum absolute atomic E-state index is 0.0747. The molecule has 0 fully saturated rings. The molecule has 126 valence electrons. The molecule has 0 aliphatic carbocycles. The minimum atomic E-state index is -1.07. The average molecular weight is 328 g/mol. The molecule has 0 aromatic heterocycles. The van der Waals surface area contributed by atoms with Crippen LogP contribution in [0.25, 0.3) is 0 Å². The Bertz CT molecular complexity index is 741.